The van der Waals surface area contributed by atoms with E-state index in [0.717, 1.165) is 49.4 Å². The zero-order valence-corrected chi connectivity index (χ0v) is 15.1. The molecule has 0 unspecified atom stereocenters. The SMILES string of the molecule is Cc1cccnc1C(=O)N1CCC[C@@H](Cc2ccc(N(C)C)nn2)C1. The number of carbonyl (C=O) groups is 1. The van der Waals surface area contributed by atoms with Crippen LogP contribution in [0, 0.1) is 12.8 Å². The molecule has 1 aliphatic rings. The predicted molar refractivity (Wildman–Crippen MR) is 97.7 cm³/mol. The Morgan fingerprint density at radius 1 is 1.28 bits per heavy atom. The molecule has 0 spiro atoms. The van der Waals surface area contributed by atoms with Crippen molar-refractivity contribution in [2.75, 3.05) is 32.1 Å². The van der Waals surface area contributed by atoms with Gasteiger partial charge in [-0.05, 0) is 55.9 Å². The molecule has 3 heterocycles. The fraction of sp³-hybridized carbons (Fsp3) is 0.474. The van der Waals surface area contributed by atoms with Gasteiger partial charge in [0.25, 0.3) is 5.91 Å². The fourth-order valence-corrected chi connectivity index (χ4v) is 3.27. The first-order valence-corrected chi connectivity index (χ1v) is 8.75. The smallest absolute Gasteiger partial charge is 0.272 e. The van der Waals surface area contributed by atoms with Crippen molar-refractivity contribution in [3.63, 3.8) is 0 Å². The van der Waals surface area contributed by atoms with Crippen molar-refractivity contribution >= 4 is 11.7 Å². The Hall–Kier alpha value is -2.50. The number of carbonyl (C=O) groups excluding carboxylic acids is 1. The van der Waals surface area contributed by atoms with Crippen molar-refractivity contribution in [3.8, 4) is 0 Å². The molecule has 0 N–H and O–H groups in total. The van der Waals surface area contributed by atoms with Gasteiger partial charge in [-0.25, -0.2) is 0 Å². The third kappa shape index (κ3) is 4.13. The second-order valence-corrected chi connectivity index (χ2v) is 6.91. The van der Waals surface area contributed by atoms with E-state index in [1.54, 1.807) is 6.20 Å². The summed E-state index contributed by atoms with van der Waals surface area (Å²) in [6, 6.07) is 7.82. The minimum atomic E-state index is 0.0387. The number of pyridine rings is 1. The van der Waals surface area contributed by atoms with E-state index < -0.39 is 0 Å². The van der Waals surface area contributed by atoms with Gasteiger partial charge >= 0.3 is 0 Å². The minimum absolute atomic E-state index is 0.0387. The summed E-state index contributed by atoms with van der Waals surface area (Å²) in [5, 5.41) is 8.57. The van der Waals surface area contributed by atoms with E-state index in [0.29, 0.717) is 11.6 Å². The van der Waals surface area contributed by atoms with Crippen molar-refractivity contribution in [2.45, 2.75) is 26.2 Å². The minimum Gasteiger partial charge on any atom is -0.361 e. The zero-order valence-electron chi connectivity index (χ0n) is 15.1. The quantitative estimate of drug-likeness (QED) is 0.855. The average Bonchev–Trinajstić information content (AvgIpc) is 2.62. The number of aromatic nitrogens is 3. The highest BCUT2D eigenvalue weighted by molar-refractivity contribution is 5.93. The van der Waals surface area contributed by atoms with Gasteiger partial charge in [-0.3, -0.25) is 9.78 Å². The molecule has 132 valence electrons. The number of amides is 1. The van der Waals surface area contributed by atoms with Crippen LogP contribution in [0.4, 0.5) is 5.82 Å². The highest BCUT2D eigenvalue weighted by Crippen LogP contribution is 2.22. The molecular weight excluding hydrogens is 314 g/mol. The molecule has 1 amide bonds. The lowest BCUT2D eigenvalue weighted by Gasteiger charge is -2.32. The molecule has 2 aromatic heterocycles. The molecule has 6 heteroatoms. The number of hydrogen-bond donors (Lipinski definition) is 0. The van der Waals surface area contributed by atoms with Gasteiger partial charge in [0, 0.05) is 33.4 Å². The number of rotatable bonds is 4. The van der Waals surface area contributed by atoms with E-state index in [1.165, 1.54) is 0 Å². The maximum atomic E-state index is 12.8. The lowest BCUT2D eigenvalue weighted by molar-refractivity contribution is 0.0666. The van der Waals surface area contributed by atoms with Crippen LogP contribution in [0.3, 0.4) is 0 Å². The Morgan fingerprint density at radius 2 is 2.12 bits per heavy atom. The molecule has 1 fully saturated rings. The largest absolute Gasteiger partial charge is 0.361 e. The average molecular weight is 339 g/mol. The Labute approximate surface area is 148 Å². The van der Waals surface area contributed by atoms with Crippen LogP contribution in [0.25, 0.3) is 0 Å². The van der Waals surface area contributed by atoms with Crippen LogP contribution in [-0.4, -0.2) is 53.2 Å². The summed E-state index contributed by atoms with van der Waals surface area (Å²) in [5.41, 5.74) is 2.48. The standard InChI is InChI=1S/C19H25N5O/c1-14-6-4-10-20-18(14)19(25)24-11-5-7-15(13-24)12-16-8-9-17(22-21-16)23(2)3/h4,6,8-10,15H,5,7,11-13H2,1-3H3/t15-/m0/s1. The topological polar surface area (TPSA) is 62.2 Å². The van der Waals surface area contributed by atoms with E-state index in [2.05, 4.69) is 15.2 Å². The molecule has 6 nitrogen and oxygen atoms in total. The summed E-state index contributed by atoms with van der Waals surface area (Å²) < 4.78 is 0. The maximum Gasteiger partial charge on any atom is 0.272 e. The second-order valence-electron chi connectivity index (χ2n) is 6.91. The lowest BCUT2D eigenvalue weighted by Crippen LogP contribution is -2.41. The van der Waals surface area contributed by atoms with Gasteiger partial charge < -0.3 is 9.80 Å². The Morgan fingerprint density at radius 3 is 2.80 bits per heavy atom. The van der Waals surface area contributed by atoms with Crippen LogP contribution >= 0.6 is 0 Å². The molecule has 3 rings (SSSR count). The fourth-order valence-electron chi connectivity index (χ4n) is 3.27. The highest BCUT2D eigenvalue weighted by Gasteiger charge is 2.26. The normalized spacial score (nSPS) is 17.4. The molecule has 0 bridgehead atoms. The summed E-state index contributed by atoms with van der Waals surface area (Å²) in [4.78, 5) is 20.9. The molecule has 1 aliphatic heterocycles. The van der Waals surface area contributed by atoms with Crippen molar-refractivity contribution in [3.05, 3.63) is 47.4 Å². The van der Waals surface area contributed by atoms with Crippen molar-refractivity contribution in [2.24, 2.45) is 5.92 Å². The first-order valence-electron chi connectivity index (χ1n) is 8.75. The van der Waals surface area contributed by atoms with Crippen LogP contribution in [0.1, 0.15) is 34.6 Å². The number of aryl methyl sites for hydroxylation is 1. The van der Waals surface area contributed by atoms with Gasteiger partial charge in [-0.2, -0.15) is 5.10 Å². The van der Waals surface area contributed by atoms with Crippen LogP contribution in [0.5, 0.6) is 0 Å². The monoisotopic (exact) mass is 339 g/mol. The number of piperidine rings is 1. The Bertz CT molecular complexity index is 729. The van der Waals surface area contributed by atoms with Gasteiger partial charge in [0.2, 0.25) is 0 Å². The van der Waals surface area contributed by atoms with Crippen LogP contribution in [-0.2, 0) is 6.42 Å². The van der Waals surface area contributed by atoms with E-state index in [4.69, 9.17) is 0 Å². The van der Waals surface area contributed by atoms with E-state index in [9.17, 15) is 4.79 Å². The predicted octanol–water partition coefficient (Wildman–Crippen LogP) is 2.34. The first-order chi connectivity index (χ1) is 12.0. The Balaban J connectivity index is 1.65. The van der Waals surface area contributed by atoms with Gasteiger partial charge in [-0.15, -0.1) is 5.10 Å². The van der Waals surface area contributed by atoms with Crippen LogP contribution in [0.15, 0.2) is 30.5 Å². The summed E-state index contributed by atoms with van der Waals surface area (Å²) in [6.07, 6.45) is 4.67. The van der Waals surface area contributed by atoms with Crippen LogP contribution < -0.4 is 4.90 Å². The molecular formula is C19H25N5O. The van der Waals surface area contributed by atoms with Crippen molar-refractivity contribution in [1.29, 1.82) is 0 Å². The summed E-state index contributed by atoms with van der Waals surface area (Å²) in [5.74, 6) is 1.31. The van der Waals surface area contributed by atoms with Gasteiger partial charge in [0.1, 0.15) is 5.69 Å². The van der Waals surface area contributed by atoms with E-state index in [1.807, 2.05) is 55.1 Å². The molecule has 2 aromatic rings. The summed E-state index contributed by atoms with van der Waals surface area (Å²) in [6.45, 7) is 3.49. The third-order valence-corrected chi connectivity index (χ3v) is 4.68. The molecule has 0 aromatic carbocycles. The summed E-state index contributed by atoms with van der Waals surface area (Å²) >= 11 is 0. The lowest BCUT2D eigenvalue weighted by atomic mass is 9.93. The van der Waals surface area contributed by atoms with Gasteiger partial charge in [0.05, 0.1) is 5.69 Å². The van der Waals surface area contributed by atoms with Gasteiger partial charge in [-0.1, -0.05) is 6.07 Å². The summed E-state index contributed by atoms with van der Waals surface area (Å²) in [7, 11) is 3.90. The highest BCUT2D eigenvalue weighted by atomic mass is 16.2. The second kappa shape index (κ2) is 7.59. The van der Waals surface area contributed by atoms with Gasteiger partial charge in [0.15, 0.2) is 5.82 Å². The van der Waals surface area contributed by atoms with E-state index in [-0.39, 0.29) is 5.91 Å². The number of hydrogen-bond acceptors (Lipinski definition) is 5. The van der Waals surface area contributed by atoms with Crippen molar-refractivity contribution < 1.29 is 4.79 Å². The Kier molecular flexibility index (Phi) is 5.26. The first kappa shape index (κ1) is 17.3. The molecule has 1 atom stereocenters. The molecule has 1 saturated heterocycles. The van der Waals surface area contributed by atoms with E-state index >= 15 is 0 Å². The van der Waals surface area contributed by atoms with Crippen LogP contribution in [0.2, 0.25) is 0 Å². The van der Waals surface area contributed by atoms with Crippen molar-refractivity contribution in [1.82, 2.24) is 20.1 Å². The molecule has 0 radical (unpaired) electrons. The number of anilines is 1. The third-order valence-electron chi connectivity index (χ3n) is 4.68. The molecule has 0 aliphatic carbocycles. The number of likely N-dealkylation sites (tertiary alicyclic amines) is 1. The number of nitrogens with zero attached hydrogens (tertiary/aromatic N) is 5. The molecule has 0 saturated carbocycles. The zero-order chi connectivity index (χ0) is 17.8. The maximum absolute atomic E-state index is 12.8. The molecule has 25 heavy (non-hydrogen) atoms.